The van der Waals surface area contributed by atoms with Crippen LogP contribution in [0.1, 0.15) is 31.2 Å². The number of piperazine rings is 1. The van der Waals surface area contributed by atoms with Crippen LogP contribution in [0.15, 0.2) is 54.6 Å². The van der Waals surface area contributed by atoms with Crippen molar-refractivity contribution in [1.82, 2.24) is 25.2 Å². The van der Waals surface area contributed by atoms with Crippen LogP contribution < -0.4 is 16.1 Å². The maximum absolute atomic E-state index is 13.4. The maximum atomic E-state index is 13.4. The van der Waals surface area contributed by atoms with Crippen molar-refractivity contribution in [1.29, 1.82) is 0 Å². The molecular formula is C29H34ClN7O3. The van der Waals surface area contributed by atoms with Crippen molar-refractivity contribution in [2.45, 2.75) is 32.2 Å². The van der Waals surface area contributed by atoms with E-state index in [9.17, 15) is 14.4 Å². The molecule has 2 saturated heterocycles. The molecule has 3 N–H and O–H groups in total. The first-order valence-electron chi connectivity index (χ1n) is 13.7. The summed E-state index contributed by atoms with van der Waals surface area (Å²) in [6, 6.07) is 16.5. The molecule has 0 aliphatic carbocycles. The van der Waals surface area contributed by atoms with Crippen molar-refractivity contribution in [2.75, 3.05) is 49.9 Å². The van der Waals surface area contributed by atoms with Crippen LogP contribution in [0.4, 0.5) is 16.3 Å². The van der Waals surface area contributed by atoms with E-state index in [4.69, 9.17) is 17.3 Å². The van der Waals surface area contributed by atoms with E-state index in [0.717, 1.165) is 41.4 Å². The normalized spacial score (nSPS) is 16.1. The van der Waals surface area contributed by atoms with Crippen LogP contribution in [0.3, 0.4) is 0 Å². The SMILES string of the molecule is Nc1cc(N2CCN(C(=O)NN(Cc3ccccc3)C(=O)CN3CCCCCC3=O)CC2)c2ccc(Cl)cc2n1. The molecule has 2 aromatic carbocycles. The molecule has 210 valence electrons. The summed E-state index contributed by atoms with van der Waals surface area (Å²) in [7, 11) is 0. The first kappa shape index (κ1) is 27.5. The predicted octanol–water partition coefficient (Wildman–Crippen LogP) is 3.65. The molecule has 3 heterocycles. The van der Waals surface area contributed by atoms with E-state index in [1.807, 2.05) is 48.5 Å². The van der Waals surface area contributed by atoms with E-state index < -0.39 is 0 Å². The van der Waals surface area contributed by atoms with Gasteiger partial charge in [0.05, 0.1) is 12.1 Å². The van der Waals surface area contributed by atoms with E-state index in [2.05, 4.69) is 15.3 Å². The Morgan fingerprint density at radius 3 is 2.52 bits per heavy atom. The zero-order chi connectivity index (χ0) is 28.1. The van der Waals surface area contributed by atoms with E-state index in [1.54, 1.807) is 15.9 Å². The van der Waals surface area contributed by atoms with Gasteiger partial charge in [0.15, 0.2) is 0 Å². The second-order valence-electron chi connectivity index (χ2n) is 10.2. The monoisotopic (exact) mass is 563 g/mol. The van der Waals surface area contributed by atoms with Crippen LogP contribution >= 0.6 is 11.6 Å². The van der Waals surface area contributed by atoms with Crippen LogP contribution in [0.5, 0.6) is 0 Å². The van der Waals surface area contributed by atoms with Gasteiger partial charge in [-0.05, 0) is 36.6 Å². The fraction of sp³-hybridized carbons (Fsp3) is 0.379. The summed E-state index contributed by atoms with van der Waals surface area (Å²) in [4.78, 5) is 49.1. The smallest absolute Gasteiger partial charge is 0.336 e. The van der Waals surface area contributed by atoms with Gasteiger partial charge in [-0.1, -0.05) is 48.4 Å². The second kappa shape index (κ2) is 12.4. The summed E-state index contributed by atoms with van der Waals surface area (Å²) in [6.45, 7) is 2.80. The molecule has 10 nitrogen and oxygen atoms in total. The summed E-state index contributed by atoms with van der Waals surface area (Å²) in [5, 5.41) is 2.87. The highest BCUT2D eigenvalue weighted by atomic mass is 35.5. The minimum Gasteiger partial charge on any atom is -0.384 e. The molecule has 0 atom stereocenters. The van der Waals surface area contributed by atoms with Gasteiger partial charge < -0.3 is 20.4 Å². The number of nitrogens with one attached hydrogen (secondary N) is 1. The number of carbonyl (C=O) groups is 3. The van der Waals surface area contributed by atoms with E-state index in [-0.39, 0.29) is 30.9 Å². The average molecular weight is 564 g/mol. The number of halogens is 1. The van der Waals surface area contributed by atoms with Crippen LogP contribution in [0, 0.1) is 0 Å². The van der Waals surface area contributed by atoms with Gasteiger partial charge in [-0.25, -0.2) is 20.2 Å². The van der Waals surface area contributed by atoms with Crippen molar-refractivity contribution >= 4 is 51.9 Å². The zero-order valence-corrected chi connectivity index (χ0v) is 23.1. The third-order valence-corrected chi connectivity index (χ3v) is 7.63. The maximum Gasteiger partial charge on any atom is 0.336 e. The molecule has 3 aromatic rings. The van der Waals surface area contributed by atoms with Crippen molar-refractivity contribution in [2.24, 2.45) is 0 Å². The van der Waals surface area contributed by atoms with Gasteiger partial charge in [0.2, 0.25) is 5.91 Å². The number of anilines is 2. The zero-order valence-electron chi connectivity index (χ0n) is 22.4. The molecular weight excluding hydrogens is 530 g/mol. The van der Waals surface area contributed by atoms with Crippen LogP contribution in [-0.4, -0.2) is 76.9 Å². The Morgan fingerprint density at radius 1 is 0.975 bits per heavy atom. The summed E-state index contributed by atoms with van der Waals surface area (Å²) in [5.41, 5.74) is 11.4. The number of urea groups is 1. The number of nitrogens with zero attached hydrogens (tertiary/aromatic N) is 5. The molecule has 1 aromatic heterocycles. The third-order valence-electron chi connectivity index (χ3n) is 7.39. The number of hydrazine groups is 1. The molecule has 2 aliphatic rings. The molecule has 4 amide bonds. The van der Waals surface area contributed by atoms with Crippen molar-refractivity contribution in [3.05, 3.63) is 65.2 Å². The Morgan fingerprint density at radius 2 is 1.75 bits per heavy atom. The Hall–Kier alpha value is -4.05. The molecule has 0 saturated carbocycles. The van der Waals surface area contributed by atoms with Gasteiger partial charge in [-0.15, -0.1) is 0 Å². The third kappa shape index (κ3) is 6.56. The lowest BCUT2D eigenvalue weighted by Gasteiger charge is -2.37. The summed E-state index contributed by atoms with van der Waals surface area (Å²) in [5.74, 6) is 0.0749. The number of likely N-dealkylation sites (tertiary alicyclic amines) is 1. The highest BCUT2D eigenvalue weighted by molar-refractivity contribution is 6.31. The molecule has 5 rings (SSSR count). The van der Waals surface area contributed by atoms with Gasteiger partial charge in [-0.2, -0.15) is 0 Å². The minimum absolute atomic E-state index is 0.0143. The number of nitrogens with two attached hydrogens (primary N) is 1. The Bertz CT molecular complexity index is 1370. The molecule has 0 unspecified atom stereocenters. The van der Waals surface area contributed by atoms with Crippen LogP contribution in [0.25, 0.3) is 10.9 Å². The number of hydrogen-bond acceptors (Lipinski definition) is 6. The number of pyridine rings is 1. The minimum atomic E-state index is -0.350. The topological polar surface area (TPSA) is 115 Å². The Kier molecular flexibility index (Phi) is 8.54. The van der Waals surface area contributed by atoms with Gasteiger partial charge in [0.1, 0.15) is 12.4 Å². The number of fused-ring (bicyclic) bond motifs is 1. The quantitative estimate of drug-likeness (QED) is 0.458. The Labute approximate surface area is 238 Å². The van der Waals surface area contributed by atoms with Crippen molar-refractivity contribution in [3.63, 3.8) is 0 Å². The van der Waals surface area contributed by atoms with Gasteiger partial charge in [0, 0.05) is 61.3 Å². The average Bonchev–Trinajstić information content (AvgIpc) is 3.16. The van der Waals surface area contributed by atoms with E-state index in [0.29, 0.717) is 50.0 Å². The highest BCUT2D eigenvalue weighted by Gasteiger charge is 2.27. The summed E-state index contributed by atoms with van der Waals surface area (Å²) < 4.78 is 0. The number of hydrogen-bond donors (Lipinski definition) is 2. The second-order valence-corrected chi connectivity index (χ2v) is 10.6. The number of rotatable bonds is 5. The fourth-order valence-electron chi connectivity index (χ4n) is 5.21. The van der Waals surface area contributed by atoms with Crippen LogP contribution in [-0.2, 0) is 16.1 Å². The predicted molar refractivity (Wildman–Crippen MR) is 156 cm³/mol. The van der Waals surface area contributed by atoms with E-state index in [1.165, 1.54) is 5.01 Å². The van der Waals surface area contributed by atoms with Gasteiger partial charge >= 0.3 is 6.03 Å². The highest BCUT2D eigenvalue weighted by Crippen LogP contribution is 2.30. The largest absolute Gasteiger partial charge is 0.384 e. The molecule has 0 spiro atoms. The Balaban J connectivity index is 1.25. The lowest BCUT2D eigenvalue weighted by Crippen LogP contribution is -2.57. The molecule has 0 bridgehead atoms. The van der Waals surface area contributed by atoms with E-state index >= 15 is 0 Å². The molecule has 0 radical (unpaired) electrons. The lowest BCUT2D eigenvalue weighted by atomic mass is 10.1. The standard InChI is InChI=1S/C29H34ClN7O3/c30-22-10-11-23-24(17-22)32-26(31)18-25(23)34-13-15-35(16-14-34)29(40)33-37(19-21-7-3-1-4-8-21)28(39)20-36-12-6-2-5-9-27(36)38/h1,3-4,7-8,10-11,17-18H,2,5-6,9,12-16,19-20H2,(H2,31,32)(H,33,40). The number of amides is 4. The molecule has 11 heteroatoms. The number of benzene rings is 2. The van der Waals surface area contributed by atoms with Crippen LogP contribution in [0.2, 0.25) is 5.02 Å². The number of nitrogen functional groups attached to an aromatic ring is 1. The fourth-order valence-corrected chi connectivity index (χ4v) is 5.38. The molecule has 2 aliphatic heterocycles. The summed E-state index contributed by atoms with van der Waals surface area (Å²) in [6.07, 6.45) is 3.14. The molecule has 40 heavy (non-hydrogen) atoms. The number of aromatic nitrogens is 1. The first-order chi connectivity index (χ1) is 19.4. The van der Waals surface area contributed by atoms with Crippen molar-refractivity contribution < 1.29 is 14.4 Å². The summed E-state index contributed by atoms with van der Waals surface area (Å²) >= 11 is 6.15. The van der Waals surface area contributed by atoms with Gasteiger partial charge in [0.25, 0.3) is 5.91 Å². The lowest BCUT2D eigenvalue weighted by molar-refractivity contribution is -0.142. The van der Waals surface area contributed by atoms with Gasteiger partial charge in [-0.3, -0.25) is 9.59 Å². The first-order valence-corrected chi connectivity index (χ1v) is 14.0. The molecule has 2 fully saturated rings. The van der Waals surface area contributed by atoms with Crippen molar-refractivity contribution in [3.8, 4) is 0 Å². The number of carbonyl (C=O) groups excluding carboxylic acids is 3.